The van der Waals surface area contributed by atoms with Crippen molar-refractivity contribution in [2.75, 3.05) is 13.7 Å². The number of thioether (sulfide) groups is 1. The molecule has 1 aliphatic rings. The number of rotatable bonds is 5. The van der Waals surface area contributed by atoms with Gasteiger partial charge in [0.1, 0.15) is 5.75 Å². The predicted octanol–water partition coefficient (Wildman–Crippen LogP) is 5.60. The highest BCUT2D eigenvalue weighted by Gasteiger charge is 2.32. The first-order chi connectivity index (χ1) is 15.9. The molecular weight excluding hydrogens is 432 g/mol. The summed E-state index contributed by atoms with van der Waals surface area (Å²) >= 11 is 1.39. The Balaban J connectivity index is 1.66. The van der Waals surface area contributed by atoms with Crippen LogP contribution in [0.3, 0.4) is 0 Å². The highest BCUT2D eigenvalue weighted by Crippen LogP contribution is 2.35. The molecule has 2 aromatic carbocycles. The van der Waals surface area contributed by atoms with Gasteiger partial charge in [-0.25, -0.2) is 4.99 Å². The average molecular weight is 457 g/mol. The second kappa shape index (κ2) is 9.39. The molecule has 0 spiro atoms. The molecule has 166 valence electrons. The first-order valence-corrected chi connectivity index (χ1v) is 11.4. The third kappa shape index (κ3) is 4.43. The summed E-state index contributed by atoms with van der Waals surface area (Å²) in [5.74, 6) is 0.720. The summed E-state index contributed by atoms with van der Waals surface area (Å²) in [6.45, 7) is 6.56. The number of aliphatic imine (C=N–C) groups is 1. The Morgan fingerprint density at radius 1 is 1.12 bits per heavy atom. The highest BCUT2D eigenvalue weighted by molar-refractivity contribution is 8.18. The maximum absolute atomic E-state index is 13.1. The fourth-order valence-electron chi connectivity index (χ4n) is 3.79. The number of likely N-dealkylation sites (N-methyl/N-ethyl adjacent to an activating group) is 1. The molecule has 4 rings (SSSR count). The van der Waals surface area contributed by atoms with E-state index in [2.05, 4.69) is 16.7 Å². The van der Waals surface area contributed by atoms with Gasteiger partial charge in [0, 0.05) is 23.6 Å². The first-order valence-electron chi connectivity index (χ1n) is 10.6. The van der Waals surface area contributed by atoms with E-state index < -0.39 is 0 Å². The highest BCUT2D eigenvalue weighted by atomic mass is 32.2. The van der Waals surface area contributed by atoms with Gasteiger partial charge < -0.3 is 9.30 Å². The normalized spacial score (nSPS) is 16.0. The van der Waals surface area contributed by atoms with Crippen LogP contribution in [-0.2, 0) is 4.79 Å². The van der Waals surface area contributed by atoms with Crippen molar-refractivity contribution in [2.45, 2.75) is 20.8 Å². The van der Waals surface area contributed by atoms with E-state index in [9.17, 15) is 4.79 Å². The lowest BCUT2D eigenvalue weighted by Crippen LogP contribution is -2.28. The summed E-state index contributed by atoms with van der Waals surface area (Å²) < 4.78 is 7.33. The van der Waals surface area contributed by atoms with Gasteiger partial charge in [0.2, 0.25) is 0 Å². The zero-order chi connectivity index (χ0) is 23.5. The number of ether oxygens (including phenoxy) is 1. The largest absolute Gasteiger partial charge is 0.497 e. The number of nitrogens with zero attached hydrogens (tertiary/aromatic N) is 4. The summed E-state index contributed by atoms with van der Waals surface area (Å²) in [5.41, 5.74) is 5.44. The first kappa shape index (κ1) is 22.4. The summed E-state index contributed by atoms with van der Waals surface area (Å²) in [7, 11) is 1.63. The second-order valence-electron chi connectivity index (χ2n) is 7.57. The number of aromatic nitrogens is 1. The quantitative estimate of drug-likeness (QED) is 0.469. The minimum Gasteiger partial charge on any atom is -0.497 e. The van der Waals surface area contributed by atoms with Gasteiger partial charge in [-0.05, 0) is 98.8 Å². The molecule has 33 heavy (non-hydrogen) atoms. The molecule has 0 N–H and O–H groups in total. The summed E-state index contributed by atoms with van der Waals surface area (Å²) in [4.78, 5) is 20.1. The fraction of sp³-hybridized carbons (Fsp3) is 0.192. The predicted molar refractivity (Wildman–Crippen MR) is 133 cm³/mol. The molecule has 0 unspecified atom stereocenters. The molecule has 6 nitrogen and oxygen atoms in total. The topological polar surface area (TPSA) is 70.6 Å². The number of aryl methyl sites for hydroxylation is 1. The molecule has 7 heteroatoms. The smallest absolute Gasteiger partial charge is 0.266 e. The molecular formula is C26H24N4O2S. The van der Waals surface area contributed by atoms with Crippen molar-refractivity contribution in [3.8, 4) is 17.5 Å². The zero-order valence-electron chi connectivity index (χ0n) is 19.0. The minimum atomic E-state index is -0.0436. The number of amides is 1. The SMILES string of the molecule is CCN1C(=O)/C(=C\c2cc(C)n(-c3ccc(C#N)cc3)c2C)SC1=Nc1ccc(OC)cc1. The average Bonchev–Trinajstić information content (AvgIpc) is 3.28. The van der Waals surface area contributed by atoms with Gasteiger partial charge in [0.05, 0.1) is 29.3 Å². The van der Waals surface area contributed by atoms with Gasteiger partial charge in [-0.15, -0.1) is 0 Å². The number of hydrogen-bond donors (Lipinski definition) is 0. The van der Waals surface area contributed by atoms with Crippen molar-refractivity contribution in [3.05, 3.63) is 82.0 Å². The van der Waals surface area contributed by atoms with Crippen molar-refractivity contribution in [1.29, 1.82) is 5.26 Å². The Kier molecular flexibility index (Phi) is 6.38. The van der Waals surface area contributed by atoms with Crippen molar-refractivity contribution < 1.29 is 9.53 Å². The summed E-state index contributed by atoms with van der Waals surface area (Å²) in [6.07, 6.45) is 1.94. The van der Waals surface area contributed by atoms with Crippen LogP contribution < -0.4 is 4.74 Å². The van der Waals surface area contributed by atoms with Gasteiger partial charge in [0.25, 0.3) is 5.91 Å². The lowest BCUT2D eigenvalue weighted by molar-refractivity contribution is -0.122. The van der Waals surface area contributed by atoms with E-state index in [-0.39, 0.29) is 5.91 Å². The van der Waals surface area contributed by atoms with Crippen LogP contribution in [0.5, 0.6) is 5.75 Å². The molecule has 0 aliphatic carbocycles. The molecule has 0 saturated carbocycles. The van der Waals surface area contributed by atoms with Gasteiger partial charge in [-0.1, -0.05) is 0 Å². The van der Waals surface area contributed by atoms with Crippen LogP contribution in [0.4, 0.5) is 5.69 Å². The Morgan fingerprint density at radius 2 is 1.82 bits per heavy atom. The third-order valence-corrected chi connectivity index (χ3v) is 6.52. The van der Waals surface area contributed by atoms with Gasteiger partial charge in [-0.3, -0.25) is 9.69 Å². The van der Waals surface area contributed by atoms with E-state index >= 15 is 0 Å². The molecule has 1 aliphatic heterocycles. The van der Waals surface area contributed by atoms with Crippen LogP contribution >= 0.6 is 11.8 Å². The Bertz CT molecular complexity index is 1300. The number of benzene rings is 2. The van der Waals surface area contributed by atoms with E-state index in [4.69, 9.17) is 15.0 Å². The van der Waals surface area contributed by atoms with Gasteiger partial charge >= 0.3 is 0 Å². The number of carbonyl (C=O) groups excluding carboxylic acids is 1. The number of nitriles is 1. The third-order valence-electron chi connectivity index (χ3n) is 5.51. The van der Waals surface area contributed by atoms with Crippen molar-refractivity contribution in [1.82, 2.24) is 9.47 Å². The minimum absolute atomic E-state index is 0.0436. The van der Waals surface area contributed by atoms with Crippen LogP contribution in [0, 0.1) is 25.2 Å². The Hall–Kier alpha value is -3.76. The van der Waals surface area contributed by atoms with E-state index in [1.807, 2.05) is 75.4 Å². The number of amidine groups is 1. The second-order valence-corrected chi connectivity index (χ2v) is 8.58. The molecule has 1 saturated heterocycles. The van der Waals surface area contributed by atoms with Crippen LogP contribution in [0.15, 0.2) is 64.5 Å². The monoisotopic (exact) mass is 456 g/mol. The number of methoxy groups -OCH3 is 1. The van der Waals surface area contributed by atoms with E-state index in [0.29, 0.717) is 22.2 Å². The lowest BCUT2D eigenvalue weighted by Gasteiger charge is -2.12. The molecule has 0 bridgehead atoms. The molecule has 0 atom stereocenters. The molecule has 1 fully saturated rings. The molecule has 3 aromatic rings. The van der Waals surface area contributed by atoms with Crippen LogP contribution in [0.1, 0.15) is 29.4 Å². The summed E-state index contributed by atoms with van der Waals surface area (Å²) in [5, 5.41) is 9.72. The van der Waals surface area contributed by atoms with E-state index in [1.54, 1.807) is 12.0 Å². The Morgan fingerprint density at radius 3 is 2.42 bits per heavy atom. The Labute approximate surface area is 197 Å². The summed E-state index contributed by atoms with van der Waals surface area (Å²) in [6, 6.07) is 19.2. The zero-order valence-corrected chi connectivity index (χ0v) is 19.8. The standard InChI is InChI=1S/C26H24N4O2S/c1-5-29-25(31)24(33-26(29)28-21-8-12-23(32-4)13-9-21)15-20-14-17(2)30(18(20)3)22-10-6-19(16-27)7-11-22/h6-15H,5H2,1-4H3/b24-15+,28-26?. The maximum atomic E-state index is 13.1. The van der Waals surface area contributed by atoms with Gasteiger partial charge in [0.15, 0.2) is 5.17 Å². The van der Waals surface area contributed by atoms with Crippen molar-refractivity contribution >= 4 is 34.6 Å². The lowest BCUT2D eigenvalue weighted by atomic mass is 10.2. The van der Waals surface area contributed by atoms with Crippen LogP contribution in [-0.4, -0.2) is 34.2 Å². The maximum Gasteiger partial charge on any atom is 0.266 e. The van der Waals surface area contributed by atoms with E-state index in [1.165, 1.54) is 11.8 Å². The number of hydrogen-bond acceptors (Lipinski definition) is 5. The van der Waals surface area contributed by atoms with E-state index in [0.717, 1.165) is 34.1 Å². The fourth-order valence-corrected chi connectivity index (χ4v) is 4.85. The molecule has 1 amide bonds. The molecule has 1 aromatic heterocycles. The van der Waals surface area contributed by atoms with Crippen molar-refractivity contribution in [2.24, 2.45) is 4.99 Å². The van der Waals surface area contributed by atoms with Gasteiger partial charge in [-0.2, -0.15) is 5.26 Å². The van der Waals surface area contributed by atoms with Crippen LogP contribution in [0.25, 0.3) is 11.8 Å². The van der Waals surface area contributed by atoms with Crippen molar-refractivity contribution in [3.63, 3.8) is 0 Å². The number of carbonyl (C=O) groups is 1. The molecule has 0 radical (unpaired) electrons. The van der Waals surface area contributed by atoms with Crippen LogP contribution in [0.2, 0.25) is 0 Å². The molecule has 2 heterocycles.